The highest BCUT2D eigenvalue weighted by molar-refractivity contribution is 5.56. The van der Waals surface area contributed by atoms with Crippen LogP contribution in [-0.2, 0) is 12.4 Å². The number of rotatable bonds is 1. The number of anilines is 1. The first-order chi connectivity index (χ1) is 7.53. The molecular weight excluding hydrogens is 248 g/mol. The summed E-state index contributed by atoms with van der Waals surface area (Å²) < 4.78 is 74.7. The highest BCUT2D eigenvalue weighted by Crippen LogP contribution is 2.39. The van der Waals surface area contributed by atoms with Crippen molar-refractivity contribution in [2.75, 3.05) is 19.0 Å². The number of benzene rings is 1. The van der Waals surface area contributed by atoms with Crippen molar-refractivity contribution in [3.8, 4) is 0 Å². The van der Waals surface area contributed by atoms with Crippen LogP contribution in [0.15, 0.2) is 18.2 Å². The average molecular weight is 257 g/mol. The molecule has 0 radical (unpaired) electrons. The Bertz CT molecular complexity index is 404. The summed E-state index contributed by atoms with van der Waals surface area (Å²) in [5.74, 6) is 0. The Morgan fingerprint density at radius 1 is 0.882 bits per heavy atom. The summed E-state index contributed by atoms with van der Waals surface area (Å²) in [6.07, 6.45) is -9.33. The summed E-state index contributed by atoms with van der Waals surface area (Å²) in [6, 6.07) is 1.36. The van der Waals surface area contributed by atoms with Gasteiger partial charge >= 0.3 is 12.4 Å². The fourth-order valence-corrected chi connectivity index (χ4v) is 1.32. The number of nitrogens with zero attached hydrogens (tertiary/aromatic N) is 1. The van der Waals surface area contributed by atoms with Gasteiger partial charge in [0.2, 0.25) is 0 Å². The molecule has 0 heterocycles. The van der Waals surface area contributed by atoms with Gasteiger partial charge in [-0.2, -0.15) is 26.3 Å². The summed E-state index contributed by atoms with van der Waals surface area (Å²) in [5, 5.41) is 0. The van der Waals surface area contributed by atoms with Crippen LogP contribution >= 0.6 is 0 Å². The second-order valence-corrected chi connectivity index (χ2v) is 3.62. The van der Waals surface area contributed by atoms with Gasteiger partial charge in [-0.3, -0.25) is 0 Å². The summed E-state index contributed by atoms with van der Waals surface area (Å²) >= 11 is 0. The predicted octanol–water partition coefficient (Wildman–Crippen LogP) is 3.79. The average Bonchev–Trinajstić information content (AvgIpc) is 2.14. The van der Waals surface area contributed by atoms with Crippen molar-refractivity contribution < 1.29 is 26.3 Å². The standard InChI is InChI=1S/C10H9F6N/c1-17(2)8-5-6(9(11,12)13)3-4-7(8)10(14,15)16/h3-5H,1-2H3. The summed E-state index contributed by atoms with van der Waals surface area (Å²) in [4.78, 5) is 0.998. The van der Waals surface area contributed by atoms with Gasteiger partial charge in [0.15, 0.2) is 0 Å². The molecule has 0 unspecified atom stereocenters. The first kappa shape index (κ1) is 13.7. The van der Waals surface area contributed by atoms with E-state index >= 15 is 0 Å². The largest absolute Gasteiger partial charge is 0.418 e. The Morgan fingerprint density at radius 2 is 1.41 bits per heavy atom. The first-order valence-electron chi connectivity index (χ1n) is 4.49. The quantitative estimate of drug-likeness (QED) is 0.692. The lowest BCUT2D eigenvalue weighted by atomic mass is 10.1. The third-order valence-electron chi connectivity index (χ3n) is 2.11. The van der Waals surface area contributed by atoms with Gasteiger partial charge in [-0.15, -0.1) is 0 Å². The summed E-state index contributed by atoms with van der Waals surface area (Å²) in [6.45, 7) is 0. The first-order valence-corrected chi connectivity index (χ1v) is 4.49. The molecule has 96 valence electrons. The Kier molecular flexibility index (Phi) is 3.31. The third-order valence-corrected chi connectivity index (χ3v) is 2.11. The van der Waals surface area contributed by atoms with Crippen LogP contribution in [0.4, 0.5) is 32.0 Å². The molecule has 0 aromatic heterocycles. The maximum Gasteiger partial charge on any atom is 0.418 e. The molecule has 7 heteroatoms. The van der Waals surface area contributed by atoms with Crippen molar-refractivity contribution in [2.24, 2.45) is 0 Å². The smallest absolute Gasteiger partial charge is 0.377 e. The summed E-state index contributed by atoms with van der Waals surface area (Å²) in [5.41, 5.74) is -2.70. The Hall–Kier alpha value is -1.40. The minimum absolute atomic E-state index is 0.426. The lowest BCUT2D eigenvalue weighted by Gasteiger charge is -2.20. The molecule has 0 saturated heterocycles. The molecule has 0 fully saturated rings. The van der Waals surface area contributed by atoms with Crippen LogP contribution in [0.1, 0.15) is 11.1 Å². The van der Waals surface area contributed by atoms with E-state index in [2.05, 4.69) is 0 Å². The summed E-state index contributed by atoms with van der Waals surface area (Å²) in [7, 11) is 2.51. The van der Waals surface area contributed by atoms with Gasteiger partial charge in [0, 0.05) is 19.8 Å². The minimum Gasteiger partial charge on any atom is -0.377 e. The zero-order chi connectivity index (χ0) is 13.4. The van der Waals surface area contributed by atoms with Gasteiger partial charge in [0.25, 0.3) is 0 Å². The number of hydrogen-bond donors (Lipinski definition) is 0. The van der Waals surface area contributed by atoms with E-state index < -0.39 is 29.2 Å². The molecule has 1 rings (SSSR count). The normalized spacial score (nSPS) is 12.7. The van der Waals surface area contributed by atoms with Gasteiger partial charge in [-0.25, -0.2) is 0 Å². The highest BCUT2D eigenvalue weighted by Gasteiger charge is 2.37. The minimum atomic E-state index is -4.68. The van der Waals surface area contributed by atoms with Gasteiger partial charge < -0.3 is 4.90 Å². The van der Waals surface area contributed by atoms with Crippen molar-refractivity contribution in [1.29, 1.82) is 0 Å². The van der Waals surface area contributed by atoms with Crippen LogP contribution in [0.3, 0.4) is 0 Å². The maximum atomic E-state index is 12.5. The topological polar surface area (TPSA) is 3.24 Å². The van der Waals surface area contributed by atoms with Crippen molar-refractivity contribution >= 4 is 5.69 Å². The molecule has 1 nitrogen and oxygen atoms in total. The molecule has 1 aromatic carbocycles. The lowest BCUT2D eigenvalue weighted by Crippen LogP contribution is -2.18. The molecule has 17 heavy (non-hydrogen) atoms. The molecule has 0 N–H and O–H groups in total. The van der Waals surface area contributed by atoms with E-state index in [4.69, 9.17) is 0 Å². The van der Waals surface area contributed by atoms with Gasteiger partial charge in [-0.05, 0) is 18.2 Å². The molecule has 0 spiro atoms. The van der Waals surface area contributed by atoms with Crippen molar-refractivity contribution in [3.63, 3.8) is 0 Å². The molecule has 0 aliphatic rings. The van der Waals surface area contributed by atoms with E-state index in [1.54, 1.807) is 0 Å². The molecular formula is C10H9F6N. The van der Waals surface area contributed by atoms with E-state index in [1.807, 2.05) is 0 Å². The second-order valence-electron chi connectivity index (χ2n) is 3.62. The van der Waals surface area contributed by atoms with E-state index in [9.17, 15) is 26.3 Å². The zero-order valence-corrected chi connectivity index (χ0v) is 8.95. The fraction of sp³-hybridized carbons (Fsp3) is 0.400. The van der Waals surface area contributed by atoms with Crippen LogP contribution in [0.5, 0.6) is 0 Å². The van der Waals surface area contributed by atoms with E-state index in [1.165, 1.54) is 14.1 Å². The van der Waals surface area contributed by atoms with Gasteiger partial charge in [0.1, 0.15) is 0 Å². The third kappa shape index (κ3) is 3.04. The molecule has 0 aliphatic heterocycles. The fourth-order valence-electron chi connectivity index (χ4n) is 1.32. The number of hydrogen-bond acceptors (Lipinski definition) is 1. The van der Waals surface area contributed by atoms with Crippen molar-refractivity contribution in [1.82, 2.24) is 0 Å². The van der Waals surface area contributed by atoms with Crippen molar-refractivity contribution in [2.45, 2.75) is 12.4 Å². The lowest BCUT2D eigenvalue weighted by molar-refractivity contribution is -0.141. The number of halogens is 6. The highest BCUT2D eigenvalue weighted by atomic mass is 19.4. The van der Waals surface area contributed by atoms with E-state index in [0.29, 0.717) is 18.2 Å². The van der Waals surface area contributed by atoms with Crippen LogP contribution in [-0.4, -0.2) is 14.1 Å². The molecule has 0 atom stereocenters. The van der Waals surface area contributed by atoms with Crippen LogP contribution in [0.2, 0.25) is 0 Å². The van der Waals surface area contributed by atoms with Gasteiger partial charge in [0.05, 0.1) is 11.1 Å². The number of alkyl halides is 6. The molecule has 0 amide bonds. The van der Waals surface area contributed by atoms with E-state index in [-0.39, 0.29) is 0 Å². The maximum absolute atomic E-state index is 12.5. The Balaban J connectivity index is 3.38. The Morgan fingerprint density at radius 3 is 1.76 bits per heavy atom. The van der Waals surface area contributed by atoms with Crippen LogP contribution in [0, 0.1) is 0 Å². The monoisotopic (exact) mass is 257 g/mol. The molecule has 0 aliphatic carbocycles. The zero-order valence-electron chi connectivity index (χ0n) is 8.95. The Labute approximate surface area is 93.6 Å². The van der Waals surface area contributed by atoms with Crippen LogP contribution < -0.4 is 4.90 Å². The SMILES string of the molecule is CN(C)c1cc(C(F)(F)F)ccc1C(F)(F)F. The van der Waals surface area contributed by atoms with E-state index in [0.717, 1.165) is 4.90 Å². The van der Waals surface area contributed by atoms with Crippen LogP contribution in [0.25, 0.3) is 0 Å². The predicted molar refractivity (Wildman–Crippen MR) is 50.8 cm³/mol. The molecule has 1 aromatic rings. The van der Waals surface area contributed by atoms with Crippen molar-refractivity contribution in [3.05, 3.63) is 29.3 Å². The molecule has 0 bridgehead atoms. The molecule has 0 saturated carbocycles. The second kappa shape index (κ2) is 4.12. The van der Waals surface area contributed by atoms with Gasteiger partial charge in [-0.1, -0.05) is 0 Å².